The number of aromatic amines is 1. The van der Waals surface area contributed by atoms with Crippen molar-refractivity contribution in [3.63, 3.8) is 0 Å². The van der Waals surface area contributed by atoms with Gasteiger partial charge in [0, 0.05) is 10.6 Å². The SMILES string of the molecule is Cl.Clc1ccc(-n2cc(COc3ccc(-c4nc5ccccc5[nH]4)cc3)nn2)cc1. The summed E-state index contributed by atoms with van der Waals surface area (Å²) in [5.74, 6) is 1.59. The third-order valence-corrected chi connectivity index (χ3v) is 4.79. The predicted octanol–water partition coefficient (Wildman–Crippen LogP) is 5.46. The summed E-state index contributed by atoms with van der Waals surface area (Å²) < 4.78 is 7.54. The molecule has 0 aliphatic rings. The molecule has 0 aliphatic carbocycles. The highest BCUT2D eigenvalue weighted by molar-refractivity contribution is 6.30. The van der Waals surface area contributed by atoms with Crippen LogP contribution in [0.1, 0.15) is 5.69 Å². The first-order chi connectivity index (χ1) is 14.2. The molecular formula is C22H17Cl2N5O. The lowest BCUT2D eigenvalue weighted by atomic mass is 10.2. The molecule has 6 nitrogen and oxygen atoms in total. The standard InChI is InChI=1S/C22H16ClN5O.ClH/c23-16-7-9-18(10-8-16)28-13-17(26-27-28)14-29-19-11-5-15(6-12-19)22-24-20-3-1-2-4-21(20)25-22;/h1-13H,14H2,(H,24,25);1H. The topological polar surface area (TPSA) is 68.6 Å². The van der Waals surface area contributed by atoms with Gasteiger partial charge in [0.05, 0.1) is 22.9 Å². The van der Waals surface area contributed by atoms with E-state index in [2.05, 4.69) is 20.3 Å². The summed E-state index contributed by atoms with van der Waals surface area (Å²) in [6.45, 7) is 0.331. The largest absolute Gasteiger partial charge is 0.487 e. The maximum absolute atomic E-state index is 5.92. The number of ether oxygens (including phenoxy) is 1. The second kappa shape index (κ2) is 8.57. The van der Waals surface area contributed by atoms with Crippen molar-refractivity contribution in [2.75, 3.05) is 0 Å². The number of halogens is 2. The second-order valence-electron chi connectivity index (χ2n) is 6.55. The Morgan fingerprint density at radius 1 is 0.933 bits per heavy atom. The van der Waals surface area contributed by atoms with Crippen molar-refractivity contribution >= 4 is 35.0 Å². The second-order valence-corrected chi connectivity index (χ2v) is 6.98. The molecule has 0 fully saturated rings. The van der Waals surface area contributed by atoms with E-state index in [4.69, 9.17) is 16.3 Å². The fraction of sp³-hybridized carbons (Fsp3) is 0.0455. The summed E-state index contributed by atoms with van der Waals surface area (Å²) in [4.78, 5) is 7.95. The van der Waals surface area contributed by atoms with Crippen molar-refractivity contribution in [1.82, 2.24) is 25.0 Å². The third-order valence-electron chi connectivity index (χ3n) is 4.54. The molecule has 2 aromatic heterocycles. The molecule has 8 heteroatoms. The zero-order chi connectivity index (χ0) is 19.6. The van der Waals surface area contributed by atoms with Gasteiger partial charge in [0.15, 0.2) is 0 Å². The molecule has 30 heavy (non-hydrogen) atoms. The Kier molecular flexibility index (Phi) is 5.70. The van der Waals surface area contributed by atoms with Crippen LogP contribution in [0.2, 0.25) is 5.02 Å². The summed E-state index contributed by atoms with van der Waals surface area (Å²) in [5.41, 5.74) is 4.60. The van der Waals surface area contributed by atoms with E-state index in [0.29, 0.717) is 11.6 Å². The molecule has 5 aromatic rings. The summed E-state index contributed by atoms with van der Waals surface area (Å²) in [7, 11) is 0. The van der Waals surface area contributed by atoms with Gasteiger partial charge in [-0.25, -0.2) is 9.67 Å². The average Bonchev–Trinajstić information content (AvgIpc) is 3.40. The highest BCUT2D eigenvalue weighted by Crippen LogP contribution is 2.23. The van der Waals surface area contributed by atoms with Gasteiger partial charge in [0.1, 0.15) is 23.9 Å². The smallest absolute Gasteiger partial charge is 0.138 e. The molecule has 0 amide bonds. The average molecular weight is 438 g/mol. The van der Waals surface area contributed by atoms with Crippen molar-refractivity contribution in [3.05, 3.63) is 89.7 Å². The Morgan fingerprint density at radius 2 is 1.70 bits per heavy atom. The van der Waals surface area contributed by atoms with Crippen molar-refractivity contribution in [1.29, 1.82) is 0 Å². The number of nitrogens with zero attached hydrogens (tertiary/aromatic N) is 4. The molecule has 0 atom stereocenters. The number of fused-ring (bicyclic) bond motifs is 1. The van der Waals surface area contributed by atoms with Crippen LogP contribution in [0.5, 0.6) is 5.75 Å². The van der Waals surface area contributed by atoms with Crippen LogP contribution in [-0.2, 0) is 6.61 Å². The van der Waals surface area contributed by atoms with Gasteiger partial charge < -0.3 is 9.72 Å². The fourth-order valence-electron chi connectivity index (χ4n) is 3.04. The van der Waals surface area contributed by atoms with Crippen molar-refractivity contribution in [3.8, 4) is 22.8 Å². The number of rotatable bonds is 5. The van der Waals surface area contributed by atoms with E-state index in [1.807, 2.05) is 79.0 Å². The lowest BCUT2D eigenvalue weighted by Crippen LogP contribution is -1.96. The van der Waals surface area contributed by atoms with E-state index in [9.17, 15) is 0 Å². The van der Waals surface area contributed by atoms with E-state index in [1.54, 1.807) is 4.68 Å². The normalized spacial score (nSPS) is 10.7. The number of aromatic nitrogens is 5. The van der Waals surface area contributed by atoms with Gasteiger partial charge >= 0.3 is 0 Å². The third kappa shape index (κ3) is 4.15. The quantitative estimate of drug-likeness (QED) is 0.396. The first kappa shape index (κ1) is 19.9. The van der Waals surface area contributed by atoms with Crippen LogP contribution >= 0.6 is 24.0 Å². The van der Waals surface area contributed by atoms with Gasteiger partial charge in [0.25, 0.3) is 0 Å². The van der Waals surface area contributed by atoms with Crippen LogP contribution in [0.25, 0.3) is 28.1 Å². The zero-order valence-corrected chi connectivity index (χ0v) is 17.3. The Bertz CT molecular complexity index is 1230. The van der Waals surface area contributed by atoms with Gasteiger partial charge in [-0.3, -0.25) is 0 Å². The number of H-pyrrole nitrogens is 1. The Morgan fingerprint density at radius 3 is 2.47 bits per heavy atom. The minimum atomic E-state index is 0. The van der Waals surface area contributed by atoms with Gasteiger partial charge in [0.2, 0.25) is 0 Å². The van der Waals surface area contributed by atoms with Crippen LogP contribution in [0.3, 0.4) is 0 Å². The summed E-state index contributed by atoms with van der Waals surface area (Å²) in [6.07, 6.45) is 1.84. The lowest BCUT2D eigenvalue weighted by Gasteiger charge is -2.04. The van der Waals surface area contributed by atoms with Crippen molar-refractivity contribution in [2.24, 2.45) is 0 Å². The van der Waals surface area contributed by atoms with Crippen LogP contribution in [0.15, 0.2) is 79.0 Å². The van der Waals surface area contributed by atoms with Crippen molar-refractivity contribution in [2.45, 2.75) is 6.61 Å². The van der Waals surface area contributed by atoms with Gasteiger partial charge in [-0.2, -0.15) is 0 Å². The maximum atomic E-state index is 5.92. The van der Waals surface area contributed by atoms with E-state index < -0.39 is 0 Å². The van der Waals surface area contributed by atoms with E-state index in [0.717, 1.165) is 39.6 Å². The number of hydrogen-bond donors (Lipinski definition) is 1. The minimum Gasteiger partial charge on any atom is -0.487 e. The molecule has 0 aliphatic heterocycles. The predicted molar refractivity (Wildman–Crippen MR) is 119 cm³/mol. The van der Waals surface area contributed by atoms with E-state index in [-0.39, 0.29) is 12.4 Å². The first-order valence-electron chi connectivity index (χ1n) is 9.10. The zero-order valence-electron chi connectivity index (χ0n) is 15.7. The summed E-state index contributed by atoms with van der Waals surface area (Å²) in [6, 6.07) is 23.2. The molecule has 0 saturated heterocycles. The van der Waals surface area contributed by atoms with Gasteiger partial charge in [-0.1, -0.05) is 28.9 Å². The highest BCUT2D eigenvalue weighted by Gasteiger charge is 2.07. The van der Waals surface area contributed by atoms with Gasteiger partial charge in [-0.05, 0) is 60.7 Å². The van der Waals surface area contributed by atoms with E-state index >= 15 is 0 Å². The molecule has 3 aromatic carbocycles. The van der Waals surface area contributed by atoms with Crippen LogP contribution < -0.4 is 4.74 Å². The minimum absolute atomic E-state index is 0. The first-order valence-corrected chi connectivity index (χ1v) is 9.47. The van der Waals surface area contributed by atoms with Crippen LogP contribution in [0.4, 0.5) is 0 Å². The molecule has 1 N–H and O–H groups in total. The fourth-order valence-corrected chi connectivity index (χ4v) is 3.17. The molecule has 0 radical (unpaired) electrons. The summed E-state index contributed by atoms with van der Waals surface area (Å²) in [5, 5.41) is 8.98. The molecule has 150 valence electrons. The Balaban J connectivity index is 0.00000218. The molecular weight excluding hydrogens is 421 g/mol. The van der Waals surface area contributed by atoms with Crippen molar-refractivity contribution < 1.29 is 4.74 Å². The monoisotopic (exact) mass is 437 g/mol. The molecule has 2 heterocycles. The molecule has 0 spiro atoms. The molecule has 0 saturated carbocycles. The molecule has 0 bridgehead atoms. The maximum Gasteiger partial charge on any atom is 0.138 e. The lowest BCUT2D eigenvalue weighted by molar-refractivity contribution is 0.301. The summed E-state index contributed by atoms with van der Waals surface area (Å²) >= 11 is 5.92. The number of hydrogen-bond acceptors (Lipinski definition) is 4. The number of nitrogens with one attached hydrogen (secondary N) is 1. The Labute approximate surface area is 183 Å². The van der Waals surface area contributed by atoms with Gasteiger partial charge in [-0.15, -0.1) is 17.5 Å². The van der Waals surface area contributed by atoms with Crippen LogP contribution in [0, 0.1) is 0 Å². The van der Waals surface area contributed by atoms with E-state index in [1.165, 1.54) is 0 Å². The number of para-hydroxylation sites is 2. The highest BCUT2D eigenvalue weighted by atomic mass is 35.5. The molecule has 0 unspecified atom stereocenters. The number of benzene rings is 3. The number of imidazole rings is 1. The van der Waals surface area contributed by atoms with Crippen LogP contribution in [-0.4, -0.2) is 25.0 Å². The molecule has 5 rings (SSSR count). The Hall–Kier alpha value is -3.35.